The minimum absolute atomic E-state index is 0.0580. The van der Waals surface area contributed by atoms with Gasteiger partial charge in [-0.25, -0.2) is 18.9 Å². The molecule has 0 spiro atoms. The number of rotatable bonds is 10. The number of carbonyl (C=O) groups is 3. The molecule has 0 aliphatic heterocycles. The molecule has 13 heteroatoms. The standard InChI is InChI=1S/C29H38FN7O5/c1-29(2,3)16-18-14-19(30)15-21-25(18)34-23(32-21)17-37-27(40)20(12-13-31-37)33-26(39)22(42-28(41)36(6)7)10-8-9-11-24(38)35(4)5/h9,11-15,22H,8,10,16-17H2,1-7H3,(H,32,34)(H,33,39)/b11-9+/t22-/m0/s1. The first-order valence-electron chi connectivity index (χ1n) is 13.4. The highest BCUT2D eigenvalue weighted by Crippen LogP contribution is 2.27. The number of ether oxygens (including phenoxy) is 1. The second-order valence-electron chi connectivity index (χ2n) is 11.6. The van der Waals surface area contributed by atoms with Gasteiger partial charge in [0.1, 0.15) is 23.9 Å². The highest BCUT2D eigenvalue weighted by atomic mass is 19.1. The van der Waals surface area contributed by atoms with Crippen molar-refractivity contribution in [1.82, 2.24) is 29.5 Å². The van der Waals surface area contributed by atoms with Gasteiger partial charge in [0.2, 0.25) is 5.91 Å². The lowest BCUT2D eigenvalue weighted by Crippen LogP contribution is -2.38. The van der Waals surface area contributed by atoms with Crippen LogP contribution in [0.3, 0.4) is 0 Å². The van der Waals surface area contributed by atoms with E-state index in [0.29, 0.717) is 23.3 Å². The molecule has 0 saturated heterocycles. The number of halogens is 1. The van der Waals surface area contributed by atoms with E-state index in [9.17, 15) is 23.6 Å². The first kappa shape index (κ1) is 32.0. The minimum Gasteiger partial charge on any atom is -0.436 e. The number of hydrogen-bond donors (Lipinski definition) is 2. The number of likely N-dealkylation sites (N-methyl/N-ethyl adjacent to an activating group) is 1. The molecule has 0 bridgehead atoms. The van der Waals surface area contributed by atoms with Crippen molar-refractivity contribution in [2.75, 3.05) is 33.5 Å². The lowest BCUT2D eigenvalue weighted by atomic mass is 9.87. The molecule has 0 aliphatic rings. The van der Waals surface area contributed by atoms with E-state index < -0.39 is 23.7 Å². The molecular weight excluding hydrogens is 545 g/mol. The number of allylic oxidation sites excluding steroid dienone is 1. The van der Waals surface area contributed by atoms with E-state index in [-0.39, 0.29) is 42.2 Å². The number of H-pyrrole nitrogens is 1. The van der Waals surface area contributed by atoms with Crippen LogP contribution in [0.5, 0.6) is 0 Å². The van der Waals surface area contributed by atoms with Gasteiger partial charge in [-0.3, -0.25) is 14.4 Å². The van der Waals surface area contributed by atoms with Gasteiger partial charge in [-0.05, 0) is 54.5 Å². The largest absolute Gasteiger partial charge is 0.436 e. The Hall–Kier alpha value is -4.55. The van der Waals surface area contributed by atoms with Crippen molar-refractivity contribution in [3.05, 3.63) is 64.1 Å². The zero-order valence-corrected chi connectivity index (χ0v) is 25.0. The first-order valence-corrected chi connectivity index (χ1v) is 13.4. The third kappa shape index (κ3) is 8.72. The van der Waals surface area contributed by atoms with Crippen LogP contribution < -0.4 is 10.9 Å². The number of imidazole rings is 1. The van der Waals surface area contributed by atoms with Crippen molar-refractivity contribution >= 4 is 34.6 Å². The molecule has 0 saturated carbocycles. The van der Waals surface area contributed by atoms with Crippen molar-refractivity contribution in [2.24, 2.45) is 5.41 Å². The Morgan fingerprint density at radius 2 is 1.88 bits per heavy atom. The van der Waals surface area contributed by atoms with Gasteiger partial charge in [0.05, 0.1) is 11.0 Å². The van der Waals surface area contributed by atoms with E-state index in [2.05, 4.69) is 41.2 Å². The van der Waals surface area contributed by atoms with Crippen molar-refractivity contribution in [3.63, 3.8) is 0 Å². The summed E-state index contributed by atoms with van der Waals surface area (Å²) in [5, 5.41) is 6.63. The molecule has 3 amide bonds. The van der Waals surface area contributed by atoms with Gasteiger partial charge in [0.15, 0.2) is 6.10 Å². The summed E-state index contributed by atoms with van der Waals surface area (Å²) in [5.41, 5.74) is 1.10. The number of nitrogens with zero attached hydrogens (tertiary/aromatic N) is 5. The van der Waals surface area contributed by atoms with Crippen LogP contribution in [0.25, 0.3) is 11.0 Å². The number of anilines is 1. The summed E-state index contributed by atoms with van der Waals surface area (Å²) in [7, 11) is 6.18. The molecule has 2 heterocycles. The quantitative estimate of drug-likeness (QED) is 0.349. The fraction of sp³-hybridized carbons (Fsp3) is 0.448. The Balaban J connectivity index is 1.80. The van der Waals surface area contributed by atoms with Gasteiger partial charge < -0.3 is 24.8 Å². The third-order valence-electron chi connectivity index (χ3n) is 6.07. The molecule has 12 nitrogen and oxygen atoms in total. The SMILES string of the molecule is CN(C)C(=O)/C=C/CC[C@H](OC(=O)N(C)C)C(=O)Nc1ccnn(Cc2nc3c(CC(C)(C)C)cc(F)cc3[nH]2)c1=O. The van der Waals surface area contributed by atoms with Crippen LogP contribution in [0.1, 0.15) is 45.0 Å². The molecule has 3 aromatic rings. The van der Waals surface area contributed by atoms with Crippen molar-refractivity contribution in [1.29, 1.82) is 0 Å². The van der Waals surface area contributed by atoms with Crippen LogP contribution in [0.15, 0.2) is 41.3 Å². The average molecular weight is 584 g/mol. The van der Waals surface area contributed by atoms with E-state index in [0.717, 1.165) is 10.2 Å². The van der Waals surface area contributed by atoms with Crippen molar-refractivity contribution in [2.45, 2.75) is 52.7 Å². The van der Waals surface area contributed by atoms with E-state index in [1.54, 1.807) is 20.2 Å². The lowest BCUT2D eigenvalue weighted by molar-refractivity contribution is -0.125. The number of fused-ring (bicyclic) bond motifs is 1. The van der Waals surface area contributed by atoms with Crippen LogP contribution in [0.2, 0.25) is 0 Å². The summed E-state index contributed by atoms with van der Waals surface area (Å²) >= 11 is 0. The van der Waals surface area contributed by atoms with Crippen LogP contribution >= 0.6 is 0 Å². The first-order chi connectivity index (χ1) is 19.6. The van der Waals surface area contributed by atoms with Crippen molar-refractivity contribution < 1.29 is 23.5 Å². The van der Waals surface area contributed by atoms with E-state index in [1.807, 2.05) is 0 Å². The van der Waals surface area contributed by atoms with E-state index >= 15 is 0 Å². The summed E-state index contributed by atoms with van der Waals surface area (Å²) in [6, 6.07) is 4.16. The number of benzene rings is 1. The Bertz CT molecular complexity index is 1540. The van der Waals surface area contributed by atoms with Gasteiger partial charge in [0.25, 0.3) is 11.5 Å². The number of nitrogens with one attached hydrogen (secondary N) is 2. The molecule has 226 valence electrons. The van der Waals surface area contributed by atoms with Crippen LogP contribution in [-0.2, 0) is 27.3 Å². The molecule has 0 unspecified atom stereocenters. The van der Waals surface area contributed by atoms with Gasteiger partial charge in [-0.1, -0.05) is 26.8 Å². The zero-order valence-electron chi connectivity index (χ0n) is 25.0. The number of amides is 3. The Kier molecular flexibility index (Phi) is 10.2. The van der Waals surface area contributed by atoms with Crippen LogP contribution in [-0.4, -0.2) is 81.8 Å². The molecule has 2 aromatic heterocycles. The predicted octanol–water partition coefficient (Wildman–Crippen LogP) is 3.33. The normalized spacial score (nSPS) is 12.4. The molecule has 0 fully saturated rings. The number of aromatic nitrogens is 4. The molecule has 0 radical (unpaired) electrons. The third-order valence-corrected chi connectivity index (χ3v) is 6.07. The molecular formula is C29H38FN7O5. The smallest absolute Gasteiger partial charge is 0.410 e. The topological polar surface area (TPSA) is 143 Å². The monoisotopic (exact) mass is 583 g/mol. The predicted molar refractivity (Wildman–Crippen MR) is 156 cm³/mol. The van der Waals surface area contributed by atoms with Crippen molar-refractivity contribution in [3.8, 4) is 0 Å². The summed E-state index contributed by atoms with van der Waals surface area (Å²) in [4.78, 5) is 60.5. The summed E-state index contributed by atoms with van der Waals surface area (Å²) in [5.74, 6) is -0.931. The van der Waals surface area contributed by atoms with Gasteiger partial charge in [-0.15, -0.1) is 0 Å². The summed E-state index contributed by atoms with van der Waals surface area (Å²) in [6.45, 7) is 6.10. The fourth-order valence-corrected chi connectivity index (χ4v) is 4.05. The summed E-state index contributed by atoms with van der Waals surface area (Å²) in [6.07, 6.45) is 3.28. The molecule has 3 rings (SSSR count). The Morgan fingerprint density at radius 1 is 1.17 bits per heavy atom. The fourth-order valence-electron chi connectivity index (χ4n) is 4.05. The molecule has 1 atom stereocenters. The van der Waals surface area contributed by atoms with E-state index in [1.165, 1.54) is 54.4 Å². The number of carbonyl (C=O) groups excluding carboxylic acids is 3. The van der Waals surface area contributed by atoms with Crippen LogP contribution in [0, 0.1) is 11.2 Å². The van der Waals surface area contributed by atoms with Gasteiger partial charge in [-0.2, -0.15) is 5.10 Å². The minimum atomic E-state index is -1.23. The lowest BCUT2D eigenvalue weighted by Gasteiger charge is -2.19. The average Bonchev–Trinajstić information content (AvgIpc) is 3.29. The molecule has 2 N–H and O–H groups in total. The van der Waals surface area contributed by atoms with Gasteiger partial charge >= 0.3 is 6.09 Å². The maximum atomic E-state index is 14.3. The van der Waals surface area contributed by atoms with E-state index in [4.69, 9.17) is 4.74 Å². The zero-order chi connectivity index (χ0) is 31.2. The highest BCUT2D eigenvalue weighted by Gasteiger charge is 2.25. The molecule has 0 aliphatic carbocycles. The second-order valence-corrected chi connectivity index (χ2v) is 11.6. The number of aromatic amines is 1. The number of hydrogen-bond acceptors (Lipinski definition) is 7. The highest BCUT2D eigenvalue weighted by molar-refractivity contribution is 5.95. The molecule has 42 heavy (non-hydrogen) atoms. The second kappa shape index (κ2) is 13.4. The molecule has 1 aromatic carbocycles. The van der Waals surface area contributed by atoms with Gasteiger partial charge in [0, 0.05) is 34.4 Å². The van der Waals surface area contributed by atoms with Crippen LogP contribution in [0.4, 0.5) is 14.9 Å². The Labute approximate surface area is 243 Å². The Morgan fingerprint density at radius 3 is 2.52 bits per heavy atom. The summed E-state index contributed by atoms with van der Waals surface area (Å²) < 4.78 is 20.7. The maximum Gasteiger partial charge on any atom is 0.410 e. The maximum absolute atomic E-state index is 14.3.